The van der Waals surface area contributed by atoms with Crippen LogP contribution in [-0.4, -0.2) is 39.8 Å². The molecule has 0 aliphatic heterocycles. The van der Waals surface area contributed by atoms with Crippen LogP contribution in [0, 0.1) is 0 Å². The molecule has 0 rings (SSSR count). The maximum absolute atomic E-state index is 10.4. The third-order valence-corrected chi connectivity index (χ3v) is 4.28. The lowest BCUT2D eigenvalue weighted by Gasteiger charge is -2.05. The predicted molar refractivity (Wildman–Crippen MR) is 114 cm³/mol. The minimum atomic E-state index is -4.25. The van der Waals surface area contributed by atoms with Gasteiger partial charge in [0.2, 0.25) is 0 Å². The second kappa shape index (κ2) is 28.2. The third kappa shape index (κ3) is 46.2. The fourth-order valence-corrected chi connectivity index (χ4v) is 2.85. The van der Waals surface area contributed by atoms with Gasteiger partial charge in [-0.1, -0.05) is 90.4 Å². The summed E-state index contributed by atoms with van der Waals surface area (Å²) in [7, 11) is -4.25. The Hall–Kier alpha value is 0.0300. The second-order valence-corrected chi connectivity index (χ2v) is 7.79. The van der Waals surface area contributed by atoms with Crippen molar-refractivity contribution in [3.63, 3.8) is 0 Å². The van der Waals surface area contributed by atoms with Crippen molar-refractivity contribution in [2.75, 3.05) is 19.8 Å². The van der Waals surface area contributed by atoms with Crippen LogP contribution >= 0.6 is 7.82 Å². The van der Waals surface area contributed by atoms with Crippen LogP contribution in [0.1, 0.15) is 111 Å². The number of unbranched alkanes of at least 4 members (excludes halogenated alkanes) is 13. The Labute approximate surface area is 168 Å². The van der Waals surface area contributed by atoms with E-state index in [9.17, 15) is 4.57 Å². The molecule has 0 aromatic rings. The van der Waals surface area contributed by atoms with Gasteiger partial charge in [-0.25, -0.2) is 4.57 Å². The van der Waals surface area contributed by atoms with E-state index in [1.54, 1.807) is 13.8 Å². The minimum Gasteiger partial charge on any atom is -0.397 e. The molecule has 0 fully saturated rings. The van der Waals surface area contributed by atoms with Crippen molar-refractivity contribution in [2.24, 2.45) is 0 Å². The Morgan fingerprint density at radius 1 is 0.593 bits per heavy atom. The van der Waals surface area contributed by atoms with Crippen LogP contribution in [0.5, 0.6) is 0 Å². The van der Waals surface area contributed by atoms with Gasteiger partial charge >= 0.3 is 7.82 Å². The van der Waals surface area contributed by atoms with Crippen LogP contribution in [0.2, 0.25) is 0 Å². The zero-order valence-corrected chi connectivity index (χ0v) is 19.0. The summed E-state index contributed by atoms with van der Waals surface area (Å²) in [5.74, 6) is 0. The molecule has 0 amide bonds. The van der Waals surface area contributed by atoms with Crippen LogP contribution in [-0.2, 0) is 9.09 Å². The molecule has 7 heteroatoms. The number of rotatable bonds is 16. The summed E-state index contributed by atoms with van der Waals surface area (Å²) < 4.78 is 14.8. The predicted octanol–water partition coefficient (Wildman–Crippen LogP) is 5.57. The first-order chi connectivity index (χ1) is 12.9. The highest BCUT2D eigenvalue weighted by Gasteiger charge is 2.12. The van der Waals surface area contributed by atoms with Gasteiger partial charge in [-0.15, -0.1) is 0 Å². The normalized spacial score (nSPS) is 10.6. The van der Waals surface area contributed by atoms with E-state index in [-0.39, 0.29) is 19.8 Å². The van der Waals surface area contributed by atoms with Gasteiger partial charge in [-0.3, -0.25) is 4.52 Å². The number of phosphoric ester groups is 1. The van der Waals surface area contributed by atoms with Gasteiger partial charge < -0.3 is 20.0 Å². The molecule has 0 saturated heterocycles. The molecule has 168 valence electrons. The van der Waals surface area contributed by atoms with E-state index in [2.05, 4.69) is 11.4 Å². The molecule has 27 heavy (non-hydrogen) atoms. The Morgan fingerprint density at radius 2 is 0.852 bits per heavy atom. The molecule has 0 heterocycles. The SMILES string of the molecule is CCCCCCCCCCCCCCCCOP(=O)(O)O.CCO.CCO. The summed E-state index contributed by atoms with van der Waals surface area (Å²) in [6, 6.07) is 0. The van der Waals surface area contributed by atoms with Gasteiger partial charge in [-0.05, 0) is 20.3 Å². The molecule has 0 aromatic heterocycles. The van der Waals surface area contributed by atoms with Crippen LogP contribution in [0.3, 0.4) is 0 Å². The van der Waals surface area contributed by atoms with Gasteiger partial charge in [0.1, 0.15) is 0 Å². The van der Waals surface area contributed by atoms with Crippen molar-refractivity contribution < 1.29 is 29.1 Å². The molecule has 4 N–H and O–H groups in total. The highest BCUT2D eigenvalue weighted by atomic mass is 31.2. The molecule has 0 atom stereocenters. The number of aliphatic hydroxyl groups is 2. The summed E-state index contributed by atoms with van der Waals surface area (Å²) >= 11 is 0. The largest absolute Gasteiger partial charge is 0.469 e. The number of phosphoric acid groups is 1. The van der Waals surface area contributed by atoms with E-state index in [1.165, 1.54) is 70.6 Å². The molecule has 0 unspecified atom stereocenters. The lowest BCUT2D eigenvalue weighted by Crippen LogP contribution is -1.92. The zero-order chi connectivity index (χ0) is 21.2. The van der Waals surface area contributed by atoms with Crippen LogP contribution in [0.4, 0.5) is 0 Å². The van der Waals surface area contributed by atoms with Gasteiger partial charge in [0.05, 0.1) is 6.61 Å². The fraction of sp³-hybridized carbons (Fsp3) is 1.00. The van der Waals surface area contributed by atoms with Crippen molar-refractivity contribution in [3.8, 4) is 0 Å². The summed E-state index contributed by atoms with van der Waals surface area (Å²) in [5.41, 5.74) is 0. The lowest BCUT2D eigenvalue weighted by atomic mass is 10.0. The average Bonchev–Trinajstić information content (AvgIpc) is 2.59. The molecular formula is C20H47O6P. The third-order valence-electron chi connectivity index (χ3n) is 3.76. The van der Waals surface area contributed by atoms with E-state index in [4.69, 9.17) is 20.0 Å². The van der Waals surface area contributed by atoms with Crippen LogP contribution < -0.4 is 0 Å². The summed E-state index contributed by atoms with van der Waals surface area (Å²) in [6.45, 7) is 6.28. The van der Waals surface area contributed by atoms with Crippen molar-refractivity contribution in [3.05, 3.63) is 0 Å². The van der Waals surface area contributed by atoms with E-state index < -0.39 is 7.82 Å². The summed E-state index contributed by atoms with van der Waals surface area (Å²) in [5, 5.41) is 15.1. The molecule has 0 spiro atoms. The zero-order valence-electron chi connectivity index (χ0n) is 18.1. The number of hydrogen-bond acceptors (Lipinski definition) is 4. The Morgan fingerprint density at radius 3 is 1.11 bits per heavy atom. The molecule has 6 nitrogen and oxygen atoms in total. The standard InChI is InChI=1S/C16H35O4P.2C2H6O/c1-2-3-4-5-6-7-8-9-10-11-12-13-14-15-16-20-21(17,18)19;2*1-2-3/h2-16H2,1H3,(H2,17,18,19);2*3H,2H2,1H3. The molecule has 0 radical (unpaired) electrons. The van der Waals surface area contributed by atoms with Gasteiger partial charge in [0.25, 0.3) is 0 Å². The molecular weight excluding hydrogens is 367 g/mol. The Balaban J connectivity index is -0.000000840. The first kappa shape index (κ1) is 31.7. The quantitative estimate of drug-likeness (QED) is 0.194. The van der Waals surface area contributed by atoms with Crippen LogP contribution in [0.15, 0.2) is 0 Å². The number of hydrogen-bond donors (Lipinski definition) is 4. The Kier molecular flexibility index (Phi) is 33.2. The van der Waals surface area contributed by atoms with Gasteiger partial charge in [0, 0.05) is 13.2 Å². The monoisotopic (exact) mass is 414 g/mol. The number of aliphatic hydroxyl groups excluding tert-OH is 2. The van der Waals surface area contributed by atoms with Crippen molar-refractivity contribution >= 4 is 7.82 Å². The first-order valence-electron chi connectivity index (χ1n) is 10.8. The summed E-state index contributed by atoms with van der Waals surface area (Å²) in [4.78, 5) is 17.0. The molecule has 0 aliphatic carbocycles. The maximum Gasteiger partial charge on any atom is 0.469 e. The summed E-state index contributed by atoms with van der Waals surface area (Å²) in [6.07, 6.45) is 17.8. The van der Waals surface area contributed by atoms with Crippen molar-refractivity contribution in [1.29, 1.82) is 0 Å². The smallest absolute Gasteiger partial charge is 0.397 e. The van der Waals surface area contributed by atoms with E-state index >= 15 is 0 Å². The van der Waals surface area contributed by atoms with Gasteiger partial charge in [-0.2, -0.15) is 0 Å². The molecule has 0 bridgehead atoms. The average molecular weight is 415 g/mol. The topological polar surface area (TPSA) is 107 Å². The highest BCUT2D eigenvalue weighted by molar-refractivity contribution is 7.46. The maximum atomic E-state index is 10.4. The highest BCUT2D eigenvalue weighted by Crippen LogP contribution is 2.35. The Bertz CT molecular complexity index is 282. The van der Waals surface area contributed by atoms with Crippen molar-refractivity contribution in [2.45, 2.75) is 111 Å². The molecule has 0 saturated carbocycles. The van der Waals surface area contributed by atoms with Gasteiger partial charge in [0.15, 0.2) is 0 Å². The lowest BCUT2D eigenvalue weighted by molar-refractivity contribution is 0.193. The van der Waals surface area contributed by atoms with Crippen LogP contribution in [0.25, 0.3) is 0 Å². The first-order valence-corrected chi connectivity index (χ1v) is 12.3. The van der Waals surface area contributed by atoms with E-state index in [0.29, 0.717) is 0 Å². The van der Waals surface area contributed by atoms with E-state index in [1.807, 2.05) is 0 Å². The van der Waals surface area contributed by atoms with Crippen molar-refractivity contribution in [1.82, 2.24) is 0 Å². The fourth-order valence-electron chi connectivity index (χ4n) is 2.48. The second-order valence-electron chi connectivity index (χ2n) is 6.55. The van der Waals surface area contributed by atoms with E-state index in [0.717, 1.165) is 19.3 Å². The molecule has 0 aromatic carbocycles. The molecule has 0 aliphatic rings. The minimum absolute atomic E-state index is 0.169.